The number of carbonyl (C=O) groups is 1. The van der Waals surface area contributed by atoms with E-state index >= 15 is 0 Å². The van der Waals surface area contributed by atoms with Crippen LogP contribution >= 0.6 is 0 Å². The van der Waals surface area contributed by atoms with Crippen LogP contribution in [0, 0.1) is 0 Å². The summed E-state index contributed by atoms with van der Waals surface area (Å²) >= 11 is 0. The molecule has 2 aromatic heterocycles. The summed E-state index contributed by atoms with van der Waals surface area (Å²) in [7, 11) is 2.05. The van der Waals surface area contributed by atoms with E-state index in [2.05, 4.69) is 16.8 Å². The van der Waals surface area contributed by atoms with Crippen LogP contribution in [0.15, 0.2) is 57.9 Å². The minimum absolute atomic E-state index is 0.0414. The molecule has 4 rings (SSSR count). The Morgan fingerprint density at radius 3 is 2.72 bits per heavy atom. The van der Waals surface area contributed by atoms with Gasteiger partial charge in [0, 0.05) is 19.6 Å². The lowest BCUT2D eigenvalue weighted by molar-refractivity contribution is 0.0974. The minimum Gasteiger partial charge on any atom is -0.461 e. The Balaban J connectivity index is 1.80. The fourth-order valence-corrected chi connectivity index (χ4v) is 3.26. The molecule has 0 bridgehead atoms. The zero-order valence-corrected chi connectivity index (χ0v) is 14.2. The molecule has 1 amide bonds. The molecule has 0 spiro atoms. The molecule has 6 heteroatoms. The summed E-state index contributed by atoms with van der Waals surface area (Å²) in [4.78, 5) is 21.5. The van der Waals surface area contributed by atoms with Crippen LogP contribution in [0.5, 0.6) is 0 Å². The van der Waals surface area contributed by atoms with Crippen molar-refractivity contribution >= 4 is 17.3 Å². The minimum atomic E-state index is -0.185. The van der Waals surface area contributed by atoms with E-state index in [0.29, 0.717) is 11.5 Å². The number of furan rings is 1. The number of rotatable bonds is 2. The van der Waals surface area contributed by atoms with Crippen LogP contribution in [0.4, 0.5) is 11.4 Å². The molecule has 3 aromatic rings. The van der Waals surface area contributed by atoms with E-state index in [1.165, 1.54) is 6.39 Å². The Bertz CT molecular complexity index is 885. The number of anilines is 2. The van der Waals surface area contributed by atoms with Gasteiger partial charge in [-0.25, -0.2) is 4.98 Å². The summed E-state index contributed by atoms with van der Waals surface area (Å²) in [5.41, 5.74) is 2.18. The molecule has 1 aromatic carbocycles. The lowest BCUT2D eigenvalue weighted by Gasteiger charge is -2.28. The highest BCUT2D eigenvalue weighted by molar-refractivity contribution is 6.09. The van der Waals surface area contributed by atoms with Crippen molar-refractivity contribution < 1.29 is 13.6 Å². The number of amides is 1. The van der Waals surface area contributed by atoms with Gasteiger partial charge in [0.2, 0.25) is 5.76 Å². The van der Waals surface area contributed by atoms with Gasteiger partial charge < -0.3 is 18.6 Å². The first kappa shape index (κ1) is 15.5. The summed E-state index contributed by atoms with van der Waals surface area (Å²) in [6.07, 6.45) is 3.70. The van der Waals surface area contributed by atoms with Crippen LogP contribution in [0.2, 0.25) is 0 Å². The molecule has 3 heterocycles. The number of hydrogen-bond donors (Lipinski definition) is 0. The van der Waals surface area contributed by atoms with Gasteiger partial charge in [-0.05, 0) is 37.6 Å². The maximum absolute atomic E-state index is 13.4. The van der Waals surface area contributed by atoms with Gasteiger partial charge in [0.15, 0.2) is 17.8 Å². The van der Waals surface area contributed by atoms with E-state index in [1.807, 2.05) is 36.2 Å². The van der Waals surface area contributed by atoms with Crippen LogP contribution in [0.3, 0.4) is 0 Å². The number of nitrogens with zero attached hydrogens (tertiary/aromatic N) is 3. The van der Waals surface area contributed by atoms with Gasteiger partial charge in [-0.15, -0.1) is 0 Å². The van der Waals surface area contributed by atoms with Crippen molar-refractivity contribution in [2.24, 2.45) is 0 Å². The first-order chi connectivity index (χ1) is 12.2. The summed E-state index contributed by atoms with van der Waals surface area (Å²) in [6.45, 7) is 2.94. The number of aromatic nitrogens is 1. The van der Waals surface area contributed by atoms with Crippen molar-refractivity contribution in [3.05, 3.63) is 54.7 Å². The van der Waals surface area contributed by atoms with Crippen molar-refractivity contribution in [1.29, 1.82) is 0 Å². The average Bonchev–Trinajstić information content (AvgIpc) is 3.29. The third kappa shape index (κ3) is 2.59. The molecule has 1 aliphatic rings. The number of fused-ring (bicyclic) bond motifs is 1. The second-order valence-corrected chi connectivity index (χ2v) is 6.23. The quantitative estimate of drug-likeness (QED) is 0.711. The van der Waals surface area contributed by atoms with E-state index < -0.39 is 0 Å². The first-order valence-corrected chi connectivity index (χ1v) is 8.28. The van der Waals surface area contributed by atoms with Crippen LogP contribution < -0.4 is 9.80 Å². The Kier molecular flexibility index (Phi) is 3.80. The summed E-state index contributed by atoms with van der Waals surface area (Å²) < 4.78 is 10.8. The topological polar surface area (TPSA) is 62.7 Å². The van der Waals surface area contributed by atoms with Crippen LogP contribution in [-0.4, -0.2) is 30.5 Å². The van der Waals surface area contributed by atoms with Gasteiger partial charge in [-0.2, -0.15) is 0 Å². The summed E-state index contributed by atoms with van der Waals surface area (Å²) in [6, 6.07) is 11.5. The largest absolute Gasteiger partial charge is 0.461 e. The Hall–Kier alpha value is -3.02. The van der Waals surface area contributed by atoms with Gasteiger partial charge in [-0.3, -0.25) is 4.79 Å². The van der Waals surface area contributed by atoms with Gasteiger partial charge in [0.1, 0.15) is 0 Å². The number of carbonyl (C=O) groups excluding carboxylic acids is 1. The first-order valence-electron chi connectivity index (χ1n) is 8.28. The lowest BCUT2D eigenvalue weighted by atomic mass is 10.1. The smallest absolute Gasteiger partial charge is 0.281 e. The molecule has 1 atom stereocenters. The third-order valence-electron chi connectivity index (χ3n) is 4.61. The average molecular weight is 337 g/mol. The van der Waals surface area contributed by atoms with Crippen molar-refractivity contribution in [2.75, 3.05) is 23.4 Å². The predicted molar refractivity (Wildman–Crippen MR) is 94.8 cm³/mol. The highest BCUT2D eigenvalue weighted by Crippen LogP contribution is 2.35. The molecule has 0 N–H and O–H groups in total. The number of benzene rings is 1. The molecule has 1 aliphatic heterocycles. The molecule has 0 unspecified atom stereocenters. The van der Waals surface area contributed by atoms with E-state index in [9.17, 15) is 4.79 Å². The van der Waals surface area contributed by atoms with E-state index in [-0.39, 0.29) is 17.6 Å². The van der Waals surface area contributed by atoms with Gasteiger partial charge in [0.05, 0.1) is 17.6 Å². The van der Waals surface area contributed by atoms with E-state index in [4.69, 9.17) is 8.83 Å². The van der Waals surface area contributed by atoms with Crippen molar-refractivity contribution in [1.82, 2.24) is 4.98 Å². The second kappa shape index (κ2) is 6.12. The Labute approximate surface area is 145 Å². The maximum atomic E-state index is 13.4. The molecule has 25 heavy (non-hydrogen) atoms. The summed E-state index contributed by atoms with van der Waals surface area (Å²) in [5, 5.41) is 0. The maximum Gasteiger partial charge on any atom is 0.281 e. The molecule has 6 nitrogen and oxygen atoms in total. The second-order valence-electron chi connectivity index (χ2n) is 6.23. The SMILES string of the molecule is C[C@@H]1CCN(C)c2ccccc2N1C(=O)c1ncoc1-c1ccco1. The third-order valence-corrected chi connectivity index (χ3v) is 4.61. The Morgan fingerprint density at radius 2 is 1.96 bits per heavy atom. The zero-order valence-electron chi connectivity index (χ0n) is 14.2. The van der Waals surface area contributed by atoms with Crippen molar-refractivity contribution in [3.8, 4) is 11.5 Å². The Morgan fingerprint density at radius 1 is 1.16 bits per heavy atom. The van der Waals surface area contributed by atoms with E-state index in [0.717, 1.165) is 24.3 Å². The van der Waals surface area contributed by atoms with Crippen molar-refractivity contribution in [2.45, 2.75) is 19.4 Å². The fourth-order valence-electron chi connectivity index (χ4n) is 3.26. The molecule has 0 fully saturated rings. The molecule has 128 valence electrons. The molecule has 0 aliphatic carbocycles. The number of hydrogen-bond acceptors (Lipinski definition) is 5. The van der Waals surface area contributed by atoms with Crippen LogP contribution in [-0.2, 0) is 0 Å². The van der Waals surface area contributed by atoms with Crippen LogP contribution in [0.25, 0.3) is 11.5 Å². The lowest BCUT2D eigenvalue weighted by Crippen LogP contribution is -2.39. The molecule has 0 radical (unpaired) electrons. The fraction of sp³-hybridized carbons (Fsp3) is 0.263. The standard InChI is InChI=1S/C19H19N3O3/c1-13-9-10-21(2)14-6-3-4-7-15(14)22(13)19(23)17-18(25-12-20-17)16-8-5-11-24-16/h3-8,11-13H,9-10H2,1-2H3/t13-/m1/s1. The molecular formula is C19H19N3O3. The van der Waals surface area contributed by atoms with Gasteiger partial charge in [-0.1, -0.05) is 12.1 Å². The van der Waals surface area contributed by atoms with Gasteiger partial charge >= 0.3 is 0 Å². The highest BCUT2D eigenvalue weighted by Gasteiger charge is 2.32. The highest BCUT2D eigenvalue weighted by atomic mass is 16.4. The monoisotopic (exact) mass is 337 g/mol. The summed E-state index contributed by atoms with van der Waals surface area (Å²) in [5.74, 6) is 0.668. The molecule has 0 saturated heterocycles. The van der Waals surface area contributed by atoms with Crippen molar-refractivity contribution in [3.63, 3.8) is 0 Å². The molecular weight excluding hydrogens is 318 g/mol. The predicted octanol–water partition coefficient (Wildman–Crippen LogP) is 3.81. The normalized spacial score (nSPS) is 17.3. The van der Waals surface area contributed by atoms with Crippen LogP contribution in [0.1, 0.15) is 23.8 Å². The zero-order chi connectivity index (χ0) is 17.4. The van der Waals surface area contributed by atoms with Gasteiger partial charge in [0.25, 0.3) is 5.91 Å². The number of oxazole rings is 1. The molecule has 0 saturated carbocycles. The number of para-hydroxylation sites is 2. The van der Waals surface area contributed by atoms with E-state index in [1.54, 1.807) is 18.4 Å².